The molecule has 2 saturated heterocycles. The molecule has 146 valence electrons. The predicted octanol–water partition coefficient (Wildman–Crippen LogP) is -0.459. The lowest BCUT2D eigenvalue weighted by Gasteiger charge is -2.29. The van der Waals surface area contributed by atoms with Crippen LogP contribution in [0.15, 0.2) is 47.3 Å². The van der Waals surface area contributed by atoms with E-state index in [2.05, 4.69) is 4.98 Å². The molecule has 0 aliphatic carbocycles. The molecule has 4 heterocycles. The van der Waals surface area contributed by atoms with Gasteiger partial charge in [-0.25, -0.2) is 0 Å². The van der Waals surface area contributed by atoms with Crippen LogP contribution in [-0.2, 0) is 14.3 Å². The molecule has 2 aliphatic rings. The van der Waals surface area contributed by atoms with Gasteiger partial charge in [0.2, 0.25) is 11.6 Å². The van der Waals surface area contributed by atoms with Gasteiger partial charge in [0.05, 0.1) is 38.6 Å². The number of ether oxygens (including phenoxy) is 1. The van der Waals surface area contributed by atoms with Crippen LogP contribution in [-0.4, -0.2) is 66.8 Å². The summed E-state index contributed by atoms with van der Waals surface area (Å²) in [5.74, 6) is -2.82. The number of likely N-dealkylation sites (tertiary alicyclic amines) is 1. The van der Waals surface area contributed by atoms with E-state index in [9.17, 15) is 14.4 Å². The molecule has 8 nitrogen and oxygen atoms in total. The van der Waals surface area contributed by atoms with E-state index in [1.807, 2.05) is 0 Å². The van der Waals surface area contributed by atoms with Crippen molar-refractivity contribution in [1.82, 2.24) is 9.88 Å². The van der Waals surface area contributed by atoms with Gasteiger partial charge < -0.3 is 19.0 Å². The summed E-state index contributed by atoms with van der Waals surface area (Å²) < 4.78 is 10.6. The minimum atomic E-state index is -1.12. The average Bonchev–Trinajstić information content (AvgIpc) is 3.36. The molecule has 2 atom stereocenters. The fourth-order valence-corrected chi connectivity index (χ4v) is 3.91. The number of nitrogens with zero attached hydrogens (tertiary/aromatic N) is 2. The van der Waals surface area contributed by atoms with Crippen LogP contribution in [0.5, 0.6) is 0 Å². The molecule has 2 unspecified atom stereocenters. The minimum absolute atomic E-state index is 0.0840. The summed E-state index contributed by atoms with van der Waals surface area (Å²) in [6.45, 7) is 4.19. The number of aromatic nitrogens is 1. The monoisotopic (exact) mass is 384 g/mol. The van der Waals surface area contributed by atoms with Gasteiger partial charge >= 0.3 is 0 Å². The molecule has 28 heavy (non-hydrogen) atoms. The molecular formula is C20H22N3O5+. The van der Waals surface area contributed by atoms with Gasteiger partial charge in [0.15, 0.2) is 5.76 Å². The zero-order valence-electron chi connectivity index (χ0n) is 15.4. The number of amides is 1. The molecule has 0 aromatic carbocycles. The van der Waals surface area contributed by atoms with Crippen LogP contribution in [0.2, 0.25) is 0 Å². The summed E-state index contributed by atoms with van der Waals surface area (Å²) >= 11 is 0. The van der Waals surface area contributed by atoms with Gasteiger partial charge in [0, 0.05) is 12.4 Å². The summed E-state index contributed by atoms with van der Waals surface area (Å²) in [7, 11) is 0. The van der Waals surface area contributed by atoms with Crippen LogP contribution in [0.1, 0.15) is 22.2 Å². The first-order valence-corrected chi connectivity index (χ1v) is 9.40. The van der Waals surface area contributed by atoms with Crippen molar-refractivity contribution in [2.45, 2.75) is 6.04 Å². The summed E-state index contributed by atoms with van der Waals surface area (Å²) in [6.07, 6.45) is 4.61. The average molecular weight is 384 g/mol. The van der Waals surface area contributed by atoms with Gasteiger partial charge in [-0.2, -0.15) is 0 Å². The van der Waals surface area contributed by atoms with Gasteiger partial charge in [0.1, 0.15) is 19.0 Å². The maximum atomic E-state index is 13.0. The Balaban J connectivity index is 1.63. The van der Waals surface area contributed by atoms with Crippen LogP contribution in [0.25, 0.3) is 0 Å². The summed E-state index contributed by atoms with van der Waals surface area (Å²) in [5.41, 5.74) is 0.670. The normalized spacial score (nSPS) is 23.4. The largest absolute Gasteiger partial charge is 0.461 e. The fraction of sp³-hybridized carbons (Fsp3) is 0.400. The van der Waals surface area contributed by atoms with E-state index in [1.54, 1.807) is 30.6 Å². The van der Waals surface area contributed by atoms with E-state index in [1.165, 1.54) is 22.1 Å². The molecule has 2 aromatic rings. The van der Waals surface area contributed by atoms with E-state index in [0.29, 0.717) is 31.9 Å². The Labute approximate surface area is 162 Å². The fourth-order valence-electron chi connectivity index (χ4n) is 3.91. The van der Waals surface area contributed by atoms with Gasteiger partial charge in [-0.1, -0.05) is 6.07 Å². The lowest BCUT2D eigenvalue weighted by atomic mass is 9.89. The van der Waals surface area contributed by atoms with Crippen LogP contribution in [0.4, 0.5) is 0 Å². The van der Waals surface area contributed by atoms with Crippen molar-refractivity contribution < 1.29 is 28.4 Å². The van der Waals surface area contributed by atoms with Crippen molar-refractivity contribution in [1.29, 1.82) is 0 Å². The number of furan rings is 1. The highest BCUT2D eigenvalue weighted by Gasteiger charge is 2.52. The Hall–Kier alpha value is -2.84. The number of morpholine rings is 1. The second-order valence-corrected chi connectivity index (χ2v) is 7.03. The number of ketones is 2. The molecule has 1 amide bonds. The SMILES string of the molecule is O=C1C(=O)N(CC[NH+]2CCOCC2)C(c2cccnc2)C1C(=O)c1ccco1. The number of carbonyl (C=O) groups excluding carboxylic acids is 3. The first-order valence-electron chi connectivity index (χ1n) is 9.40. The highest BCUT2D eigenvalue weighted by atomic mass is 16.5. The topological polar surface area (TPSA) is 94.1 Å². The molecule has 4 rings (SSSR count). The number of hydrogen-bond donors (Lipinski definition) is 1. The van der Waals surface area contributed by atoms with Crippen molar-refractivity contribution in [3.63, 3.8) is 0 Å². The Morgan fingerprint density at radius 2 is 2.04 bits per heavy atom. The second-order valence-electron chi connectivity index (χ2n) is 7.03. The van der Waals surface area contributed by atoms with Crippen LogP contribution in [0, 0.1) is 5.92 Å². The van der Waals surface area contributed by atoms with E-state index >= 15 is 0 Å². The lowest BCUT2D eigenvalue weighted by Crippen LogP contribution is -3.14. The van der Waals surface area contributed by atoms with Crippen LogP contribution >= 0.6 is 0 Å². The smallest absolute Gasteiger partial charge is 0.291 e. The van der Waals surface area contributed by atoms with Crippen molar-refractivity contribution in [2.75, 3.05) is 39.4 Å². The van der Waals surface area contributed by atoms with E-state index in [-0.39, 0.29) is 5.76 Å². The zero-order chi connectivity index (χ0) is 19.5. The van der Waals surface area contributed by atoms with Crippen molar-refractivity contribution in [2.24, 2.45) is 5.92 Å². The quantitative estimate of drug-likeness (QED) is 0.412. The Bertz CT molecular complexity index is 846. The van der Waals surface area contributed by atoms with Gasteiger partial charge in [-0.15, -0.1) is 0 Å². The van der Waals surface area contributed by atoms with Crippen molar-refractivity contribution in [3.05, 3.63) is 54.2 Å². The molecule has 1 N–H and O–H groups in total. The van der Waals surface area contributed by atoms with Gasteiger partial charge in [0.25, 0.3) is 5.91 Å². The maximum absolute atomic E-state index is 13.0. The molecule has 0 bridgehead atoms. The summed E-state index contributed by atoms with van der Waals surface area (Å²) in [6, 6.07) is 5.96. The third-order valence-electron chi connectivity index (χ3n) is 5.38. The zero-order valence-corrected chi connectivity index (χ0v) is 15.4. The number of rotatable bonds is 6. The molecule has 0 radical (unpaired) electrons. The highest BCUT2D eigenvalue weighted by molar-refractivity contribution is 6.43. The first-order chi connectivity index (χ1) is 13.7. The van der Waals surface area contributed by atoms with Crippen molar-refractivity contribution >= 4 is 17.5 Å². The Kier molecular flexibility index (Phi) is 5.31. The number of carbonyl (C=O) groups is 3. The Morgan fingerprint density at radius 3 is 2.71 bits per heavy atom. The standard InChI is InChI=1S/C20H21N3O5/c24-18(15-4-2-10-28-15)16-17(14-3-1-5-21-13-14)23(20(26)19(16)25)7-6-22-8-11-27-12-9-22/h1-5,10,13,16-17H,6-9,11-12H2/p+1. The van der Waals surface area contributed by atoms with E-state index in [4.69, 9.17) is 9.15 Å². The molecular weight excluding hydrogens is 362 g/mol. The molecule has 2 aromatic heterocycles. The highest BCUT2D eigenvalue weighted by Crippen LogP contribution is 2.37. The van der Waals surface area contributed by atoms with E-state index < -0.39 is 29.4 Å². The van der Waals surface area contributed by atoms with Crippen LogP contribution < -0.4 is 4.90 Å². The van der Waals surface area contributed by atoms with Gasteiger partial charge in [-0.05, 0) is 23.8 Å². The molecule has 2 aliphatic heterocycles. The van der Waals surface area contributed by atoms with Crippen molar-refractivity contribution in [3.8, 4) is 0 Å². The third-order valence-corrected chi connectivity index (χ3v) is 5.38. The van der Waals surface area contributed by atoms with Crippen LogP contribution in [0.3, 0.4) is 0 Å². The number of nitrogens with one attached hydrogen (secondary N) is 1. The molecule has 2 fully saturated rings. The Morgan fingerprint density at radius 1 is 1.21 bits per heavy atom. The second kappa shape index (κ2) is 8.04. The number of Topliss-reactive ketones (excluding diaryl/α,β-unsaturated/α-hetero) is 2. The first kappa shape index (κ1) is 18.5. The number of pyridine rings is 1. The molecule has 0 saturated carbocycles. The number of quaternary nitrogens is 1. The lowest BCUT2D eigenvalue weighted by molar-refractivity contribution is -0.907. The van der Waals surface area contributed by atoms with E-state index in [0.717, 1.165) is 13.1 Å². The summed E-state index contributed by atoms with van der Waals surface area (Å²) in [4.78, 5) is 45.5. The molecule has 0 spiro atoms. The van der Waals surface area contributed by atoms with Gasteiger partial charge in [-0.3, -0.25) is 19.4 Å². The third kappa shape index (κ3) is 3.48. The summed E-state index contributed by atoms with van der Waals surface area (Å²) in [5, 5.41) is 0. The predicted molar refractivity (Wildman–Crippen MR) is 96.6 cm³/mol. The molecule has 8 heteroatoms. The minimum Gasteiger partial charge on any atom is -0.461 e. The number of hydrogen-bond acceptors (Lipinski definition) is 6. The maximum Gasteiger partial charge on any atom is 0.291 e.